The third-order valence-corrected chi connectivity index (χ3v) is 1.02. The minimum atomic E-state index is -0.834. The fourth-order valence-corrected chi connectivity index (χ4v) is 0.617. The first-order valence-corrected chi connectivity index (χ1v) is 2.40. The van der Waals surface area contributed by atoms with E-state index in [2.05, 4.69) is 0 Å². The lowest BCUT2D eigenvalue weighted by atomic mass is 10.3. The summed E-state index contributed by atoms with van der Waals surface area (Å²) < 4.78 is 0. The number of allylic oxidation sites excluding steroid dienone is 2. The highest BCUT2D eigenvalue weighted by molar-refractivity contribution is 5.90. The molecule has 0 heterocycles. The molecule has 8 heavy (non-hydrogen) atoms. The van der Waals surface area contributed by atoms with E-state index in [0.717, 1.165) is 6.42 Å². The lowest BCUT2D eigenvalue weighted by Gasteiger charge is -1.83. The molecule has 0 aliphatic heterocycles. The van der Waals surface area contributed by atoms with Crippen LogP contribution >= 0.6 is 0 Å². The van der Waals surface area contributed by atoms with E-state index in [0.29, 0.717) is 5.57 Å². The molecule has 0 fully saturated rings. The number of aliphatic carboxylic acids is 1. The predicted molar refractivity (Wildman–Crippen MR) is 29.5 cm³/mol. The van der Waals surface area contributed by atoms with Crippen molar-refractivity contribution in [1.29, 1.82) is 0 Å². The van der Waals surface area contributed by atoms with Crippen molar-refractivity contribution in [2.24, 2.45) is 0 Å². The molecule has 0 aromatic rings. The number of hydrogen-bond acceptors (Lipinski definition) is 1. The summed E-state index contributed by atoms with van der Waals surface area (Å²) in [6.07, 6.45) is 5.88. The molecule has 1 aliphatic carbocycles. The molecular formula is C6H6O2. The van der Waals surface area contributed by atoms with Gasteiger partial charge >= 0.3 is 5.97 Å². The van der Waals surface area contributed by atoms with Gasteiger partial charge in [0, 0.05) is 0 Å². The molecule has 2 heteroatoms. The molecular weight excluding hydrogens is 104 g/mol. The molecule has 0 unspecified atom stereocenters. The van der Waals surface area contributed by atoms with Crippen LogP contribution in [0.2, 0.25) is 0 Å². The Kier molecular flexibility index (Phi) is 1.16. The second-order valence-corrected chi connectivity index (χ2v) is 1.60. The van der Waals surface area contributed by atoms with Gasteiger partial charge in [-0.3, -0.25) is 0 Å². The monoisotopic (exact) mass is 110 g/mol. The van der Waals surface area contributed by atoms with Gasteiger partial charge in [0.1, 0.15) is 0 Å². The van der Waals surface area contributed by atoms with Crippen LogP contribution in [0, 0.1) is 0 Å². The first-order chi connectivity index (χ1) is 3.80. The molecule has 1 rings (SSSR count). The van der Waals surface area contributed by atoms with E-state index >= 15 is 0 Å². The van der Waals surface area contributed by atoms with E-state index in [9.17, 15) is 4.79 Å². The summed E-state index contributed by atoms with van der Waals surface area (Å²) in [7, 11) is 0. The van der Waals surface area contributed by atoms with E-state index in [4.69, 9.17) is 5.11 Å². The highest BCUT2D eigenvalue weighted by atomic mass is 16.4. The van der Waals surface area contributed by atoms with E-state index in [1.165, 1.54) is 0 Å². The fraction of sp³-hybridized carbons (Fsp3) is 0.167. The Labute approximate surface area is 47.1 Å². The van der Waals surface area contributed by atoms with Crippen molar-refractivity contribution in [2.75, 3.05) is 0 Å². The smallest absolute Gasteiger partial charge is 0.335 e. The molecule has 0 aromatic heterocycles. The molecule has 1 N–H and O–H groups in total. The fourth-order valence-electron chi connectivity index (χ4n) is 0.617. The van der Waals surface area contributed by atoms with Crippen LogP contribution in [0.4, 0.5) is 0 Å². The first kappa shape index (κ1) is 5.09. The van der Waals surface area contributed by atoms with Crippen LogP contribution < -0.4 is 0 Å². The molecule has 0 atom stereocenters. The standard InChI is InChI=1S/C6H6O2/c7-6(8)5-3-1-2-4-5/h1,3-4H,2H2,(H,7,8). The molecule has 0 bridgehead atoms. The van der Waals surface area contributed by atoms with Crippen molar-refractivity contribution in [1.82, 2.24) is 0 Å². The second-order valence-electron chi connectivity index (χ2n) is 1.60. The molecule has 0 radical (unpaired) electrons. The Hall–Kier alpha value is -1.05. The van der Waals surface area contributed by atoms with Crippen molar-refractivity contribution < 1.29 is 9.90 Å². The molecule has 1 aliphatic rings. The molecule has 42 valence electrons. The number of carboxylic acid groups (broad SMARTS) is 1. The Morgan fingerprint density at radius 2 is 2.50 bits per heavy atom. The van der Waals surface area contributed by atoms with Gasteiger partial charge in [-0.05, 0) is 6.42 Å². The molecule has 0 saturated heterocycles. The van der Waals surface area contributed by atoms with Crippen molar-refractivity contribution >= 4 is 5.97 Å². The molecule has 0 saturated carbocycles. The van der Waals surface area contributed by atoms with Crippen LogP contribution in [0.3, 0.4) is 0 Å². The van der Waals surface area contributed by atoms with Gasteiger partial charge in [-0.2, -0.15) is 0 Å². The average molecular weight is 110 g/mol. The maximum absolute atomic E-state index is 10.1. The highest BCUT2D eigenvalue weighted by Gasteiger charge is 2.03. The summed E-state index contributed by atoms with van der Waals surface area (Å²) in [5.74, 6) is -0.834. The zero-order valence-corrected chi connectivity index (χ0v) is 4.29. The minimum Gasteiger partial charge on any atom is -0.478 e. The summed E-state index contributed by atoms with van der Waals surface area (Å²) in [5, 5.41) is 8.29. The average Bonchev–Trinajstić information content (AvgIpc) is 2.12. The Morgan fingerprint density at radius 1 is 1.75 bits per heavy atom. The number of carbonyl (C=O) groups is 1. The summed E-state index contributed by atoms with van der Waals surface area (Å²) in [4.78, 5) is 10.1. The Morgan fingerprint density at radius 3 is 2.75 bits per heavy atom. The molecule has 0 amide bonds. The van der Waals surface area contributed by atoms with E-state index in [1.807, 2.05) is 6.08 Å². The van der Waals surface area contributed by atoms with Crippen LogP contribution in [0.25, 0.3) is 0 Å². The normalized spacial score (nSPS) is 16.2. The highest BCUT2D eigenvalue weighted by Crippen LogP contribution is 2.07. The summed E-state index contributed by atoms with van der Waals surface area (Å²) in [5.41, 5.74) is 0.407. The summed E-state index contributed by atoms with van der Waals surface area (Å²) >= 11 is 0. The lowest BCUT2D eigenvalue weighted by molar-refractivity contribution is -0.132. The van der Waals surface area contributed by atoms with Gasteiger partial charge < -0.3 is 5.11 Å². The zero-order chi connectivity index (χ0) is 5.98. The van der Waals surface area contributed by atoms with Crippen molar-refractivity contribution in [2.45, 2.75) is 6.42 Å². The third kappa shape index (κ3) is 0.780. The zero-order valence-electron chi connectivity index (χ0n) is 4.29. The van der Waals surface area contributed by atoms with Crippen molar-refractivity contribution in [3.8, 4) is 0 Å². The van der Waals surface area contributed by atoms with Gasteiger partial charge in [0.25, 0.3) is 0 Å². The largest absolute Gasteiger partial charge is 0.478 e. The SMILES string of the molecule is O=C(O)C1=CCC=C1. The lowest BCUT2D eigenvalue weighted by Crippen LogP contribution is -1.94. The minimum absolute atomic E-state index is 0.407. The number of hydrogen-bond donors (Lipinski definition) is 1. The third-order valence-electron chi connectivity index (χ3n) is 1.02. The van der Waals surface area contributed by atoms with Gasteiger partial charge in [0.05, 0.1) is 5.57 Å². The van der Waals surface area contributed by atoms with E-state index < -0.39 is 5.97 Å². The van der Waals surface area contributed by atoms with E-state index in [1.54, 1.807) is 12.2 Å². The Balaban J connectivity index is 2.72. The predicted octanol–water partition coefficient (Wildman–Crippen LogP) is 0.957. The van der Waals surface area contributed by atoms with Crippen LogP contribution in [0.5, 0.6) is 0 Å². The van der Waals surface area contributed by atoms with Gasteiger partial charge in [-0.15, -0.1) is 0 Å². The van der Waals surface area contributed by atoms with Gasteiger partial charge in [-0.1, -0.05) is 18.2 Å². The maximum Gasteiger partial charge on any atom is 0.335 e. The van der Waals surface area contributed by atoms with Crippen LogP contribution in [-0.4, -0.2) is 11.1 Å². The van der Waals surface area contributed by atoms with Crippen LogP contribution in [0.15, 0.2) is 23.8 Å². The molecule has 0 spiro atoms. The van der Waals surface area contributed by atoms with Crippen LogP contribution in [0.1, 0.15) is 6.42 Å². The van der Waals surface area contributed by atoms with Gasteiger partial charge in [-0.25, -0.2) is 4.79 Å². The summed E-state index contributed by atoms with van der Waals surface area (Å²) in [6, 6.07) is 0. The first-order valence-electron chi connectivity index (χ1n) is 2.40. The number of carboxylic acids is 1. The van der Waals surface area contributed by atoms with Crippen molar-refractivity contribution in [3.05, 3.63) is 23.8 Å². The quantitative estimate of drug-likeness (QED) is 0.545. The summed E-state index contributed by atoms with van der Waals surface area (Å²) in [6.45, 7) is 0. The molecule has 2 nitrogen and oxygen atoms in total. The van der Waals surface area contributed by atoms with Gasteiger partial charge in [0.15, 0.2) is 0 Å². The maximum atomic E-state index is 10.1. The van der Waals surface area contributed by atoms with Crippen molar-refractivity contribution in [3.63, 3.8) is 0 Å². The second kappa shape index (κ2) is 1.82. The Bertz CT molecular complexity index is 165. The van der Waals surface area contributed by atoms with E-state index in [-0.39, 0.29) is 0 Å². The van der Waals surface area contributed by atoms with Crippen LogP contribution in [-0.2, 0) is 4.79 Å². The number of rotatable bonds is 1. The topological polar surface area (TPSA) is 37.3 Å². The molecule has 0 aromatic carbocycles. The van der Waals surface area contributed by atoms with Gasteiger partial charge in [0.2, 0.25) is 0 Å².